The summed E-state index contributed by atoms with van der Waals surface area (Å²) in [6, 6.07) is 0.154. The maximum absolute atomic E-state index is 12.5. The van der Waals surface area contributed by atoms with Gasteiger partial charge >= 0.3 is 6.18 Å². The smallest absolute Gasteiger partial charge is 0.389 e. The molecule has 0 saturated heterocycles. The van der Waals surface area contributed by atoms with Gasteiger partial charge in [0.2, 0.25) is 0 Å². The van der Waals surface area contributed by atoms with Crippen LogP contribution in [0, 0.1) is 5.92 Å². The van der Waals surface area contributed by atoms with Gasteiger partial charge in [-0.15, -0.1) is 11.3 Å². The molecule has 1 aromatic heterocycles. The average Bonchev–Trinajstić information content (AvgIpc) is 2.79. The highest BCUT2D eigenvalue weighted by Gasteiger charge is 2.36. The fraction of sp³-hybridized carbons (Fsp3) is 0.636. The van der Waals surface area contributed by atoms with E-state index in [0.717, 1.165) is 11.3 Å². The predicted molar refractivity (Wildman–Crippen MR) is 75.0 cm³/mol. The van der Waals surface area contributed by atoms with E-state index < -0.39 is 41.2 Å². The van der Waals surface area contributed by atoms with Gasteiger partial charge in [0.05, 0.1) is 11.6 Å². The molecule has 1 heterocycles. The Bertz CT molecular complexity index is 559. The van der Waals surface area contributed by atoms with Gasteiger partial charge in [-0.2, -0.15) is 13.2 Å². The zero-order valence-electron chi connectivity index (χ0n) is 11.0. The highest BCUT2D eigenvalue weighted by atomic mass is 35.5. The number of alkyl halides is 3. The number of halogens is 4. The minimum absolute atomic E-state index is 0.00643. The molecular formula is C11H15ClF3NO3S2. The molecule has 0 saturated carbocycles. The Morgan fingerprint density at radius 3 is 2.48 bits per heavy atom. The number of hydrogen-bond acceptors (Lipinski definition) is 4. The molecule has 4 nitrogen and oxygen atoms in total. The predicted octanol–water partition coefficient (Wildman–Crippen LogP) is 3.02. The Morgan fingerprint density at radius 2 is 2.10 bits per heavy atom. The van der Waals surface area contributed by atoms with Crippen LogP contribution in [0.15, 0.2) is 15.7 Å². The largest absolute Gasteiger partial charge is 0.395 e. The van der Waals surface area contributed by atoms with Gasteiger partial charge in [-0.25, -0.2) is 13.1 Å². The summed E-state index contributed by atoms with van der Waals surface area (Å²) in [5.74, 6) is -1.05. The van der Waals surface area contributed by atoms with Crippen LogP contribution in [-0.4, -0.2) is 32.3 Å². The minimum Gasteiger partial charge on any atom is -0.395 e. The standard InChI is InChI=1S/C11H15ClF3NO3S2/c1-2-7(5-11(13,14)15)9(6-17)16-21(18,19)10-8(12)3-4-20-10/h3-4,7,9,16-17H,2,5-6H2,1H3/t7-,9-/m0/s1. The summed E-state index contributed by atoms with van der Waals surface area (Å²) in [7, 11) is -4.06. The lowest BCUT2D eigenvalue weighted by Crippen LogP contribution is -2.43. The molecule has 0 aliphatic heterocycles. The van der Waals surface area contributed by atoms with Gasteiger partial charge in [-0.1, -0.05) is 24.9 Å². The van der Waals surface area contributed by atoms with Crippen LogP contribution in [0.1, 0.15) is 19.8 Å². The zero-order chi connectivity index (χ0) is 16.3. The van der Waals surface area contributed by atoms with Crippen molar-refractivity contribution in [2.45, 2.75) is 36.2 Å². The number of aliphatic hydroxyl groups is 1. The summed E-state index contributed by atoms with van der Waals surface area (Å²) in [5, 5.41) is 10.7. The molecule has 0 fully saturated rings. The molecule has 10 heteroatoms. The lowest BCUT2D eigenvalue weighted by Gasteiger charge is -2.26. The van der Waals surface area contributed by atoms with Crippen LogP contribution >= 0.6 is 22.9 Å². The second-order valence-corrected chi connectivity index (χ2v) is 7.69. The molecule has 0 unspecified atom stereocenters. The van der Waals surface area contributed by atoms with E-state index in [1.54, 1.807) is 0 Å². The molecule has 2 N–H and O–H groups in total. The van der Waals surface area contributed by atoms with Crippen LogP contribution in [0.5, 0.6) is 0 Å². The number of thiophene rings is 1. The van der Waals surface area contributed by atoms with Crippen molar-refractivity contribution < 1.29 is 26.7 Å². The fourth-order valence-corrected chi connectivity index (χ4v) is 4.87. The Kier molecular flexibility index (Phi) is 6.48. The average molecular weight is 366 g/mol. The van der Waals surface area contributed by atoms with E-state index in [2.05, 4.69) is 4.72 Å². The van der Waals surface area contributed by atoms with Gasteiger partial charge in [0.1, 0.15) is 0 Å². The number of hydrogen-bond donors (Lipinski definition) is 2. The maximum Gasteiger partial charge on any atom is 0.389 e. The number of rotatable bonds is 7. The molecule has 2 atom stereocenters. The lowest BCUT2D eigenvalue weighted by molar-refractivity contribution is -0.147. The first kappa shape index (κ1) is 18.7. The molecule has 0 aliphatic carbocycles. The normalized spacial score (nSPS) is 15.9. The second kappa shape index (κ2) is 7.28. The first-order valence-electron chi connectivity index (χ1n) is 6.03. The Balaban J connectivity index is 2.93. The van der Waals surface area contributed by atoms with Crippen LogP contribution in [0.3, 0.4) is 0 Å². The van der Waals surface area contributed by atoms with Crippen LogP contribution in [-0.2, 0) is 10.0 Å². The topological polar surface area (TPSA) is 66.4 Å². The number of sulfonamides is 1. The van der Waals surface area contributed by atoms with Gasteiger partial charge in [0.25, 0.3) is 10.0 Å². The summed E-state index contributed by atoms with van der Waals surface area (Å²) in [4.78, 5) is 0. The van der Waals surface area contributed by atoms with Crippen LogP contribution < -0.4 is 4.72 Å². The van der Waals surface area contributed by atoms with Crippen molar-refractivity contribution in [1.82, 2.24) is 4.72 Å². The van der Waals surface area contributed by atoms with E-state index in [0.29, 0.717) is 0 Å². The first-order chi connectivity index (χ1) is 9.60. The van der Waals surface area contributed by atoms with Gasteiger partial charge < -0.3 is 5.11 Å². The van der Waals surface area contributed by atoms with Crippen molar-refractivity contribution in [3.8, 4) is 0 Å². The van der Waals surface area contributed by atoms with Crippen molar-refractivity contribution in [1.29, 1.82) is 0 Å². The minimum atomic E-state index is -4.43. The summed E-state index contributed by atoms with van der Waals surface area (Å²) in [6.45, 7) is 0.780. The second-order valence-electron chi connectivity index (χ2n) is 4.45. The molecule has 0 aromatic carbocycles. The Hall–Kier alpha value is -0.350. The molecule has 122 valence electrons. The highest BCUT2D eigenvalue weighted by molar-refractivity contribution is 7.91. The summed E-state index contributed by atoms with van der Waals surface area (Å²) in [5.41, 5.74) is 0. The molecule has 0 bridgehead atoms. The molecular weight excluding hydrogens is 351 g/mol. The van der Waals surface area contributed by atoms with Gasteiger partial charge in [0, 0.05) is 12.5 Å². The lowest BCUT2D eigenvalue weighted by atomic mass is 9.94. The molecule has 0 radical (unpaired) electrons. The van der Waals surface area contributed by atoms with E-state index in [4.69, 9.17) is 11.6 Å². The SMILES string of the molecule is CC[C@@H](CC(F)(F)F)[C@H](CO)NS(=O)(=O)c1sccc1Cl. The summed E-state index contributed by atoms with van der Waals surface area (Å²) in [6.07, 6.45) is -5.53. The van der Waals surface area contributed by atoms with Crippen molar-refractivity contribution in [2.24, 2.45) is 5.92 Å². The zero-order valence-corrected chi connectivity index (χ0v) is 13.4. The van der Waals surface area contributed by atoms with E-state index in [9.17, 15) is 26.7 Å². The van der Waals surface area contributed by atoms with Crippen LogP contribution in [0.2, 0.25) is 5.02 Å². The quantitative estimate of drug-likeness (QED) is 0.780. The third-order valence-electron chi connectivity index (χ3n) is 2.92. The van der Waals surface area contributed by atoms with Crippen molar-refractivity contribution in [3.63, 3.8) is 0 Å². The molecule has 1 rings (SSSR count). The first-order valence-corrected chi connectivity index (χ1v) is 8.77. The fourth-order valence-electron chi connectivity index (χ4n) is 1.88. The van der Waals surface area contributed by atoms with Gasteiger partial charge in [-0.3, -0.25) is 0 Å². The van der Waals surface area contributed by atoms with Crippen molar-refractivity contribution >= 4 is 33.0 Å². The monoisotopic (exact) mass is 365 g/mol. The highest BCUT2D eigenvalue weighted by Crippen LogP contribution is 2.31. The van der Waals surface area contributed by atoms with E-state index >= 15 is 0 Å². The molecule has 0 spiro atoms. The Morgan fingerprint density at radius 1 is 1.48 bits per heavy atom. The third kappa shape index (κ3) is 5.41. The van der Waals surface area contributed by atoms with E-state index in [1.165, 1.54) is 18.4 Å². The number of aliphatic hydroxyl groups excluding tert-OH is 1. The summed E-state index contributed by atoms with van der Waals surface area (Å²) < 4.78 is 63.6. The van der Waals surface area contributed by atoms with Gasteiger partial charge in [0.15, 0.2) is 4.21 Å². The van der Waals surface area contributed by atoms with E-state index in [-0.39, 0.29) is 15.7 Å². The third-order valence-corrected chi connectivity index (χ3v) is 6.43. The van der Waals surface area contributed by atoms with Crippen molar-refractivity contribution in [3.05, 3.63) is 16.5 Å². The van der Waals surface area contributed by atoms with Crippen LogP contribution in [0.25, 0.3) is 0 Å². The van der Waals surface area contributed by atoms with E-state index in [1.807, 2.05) is 0 Å². The molecule has 0 amide bonds. The van der Waals surface area contributed by atoms with Crippen molar-refractivity contribution in [2.75, 3.05) is 6.61 Å². The molecule has 0 aliphatic rings. The number of nitrogens with one attached hydrogen (secondary N) is 1. The molecule has 1 aromatic rings. The molecule has 21 heavy (non-hydrogen) atoms. The Labute approximate surface area is 130 Å². The van der Waals surface area contributed by atoms with Crippen LogP contribution in [0.4, 0.5) is 13.2 Å². The van der Waals surface area contributed by atoms with Gasteiger partial charge in [-0.05, 0) is 17.4 Å². The summed E-state index contributed by atoms with van der Waals surface area (Å²) >= 11 is 6.57. The maximum atomic E-state index is 12.5.